The van der Waals surface area contributed by atoms with Gasteiger partial charge in [-0.2, -0.15) is 0 Å². The number of halogens is 2. The molecular weight excluding hydrogens is 918 g/mol. The highest BCUT2D eigenvalue weighted by Crippen LogP contribution is 2.59. The first-order valence-corrected chi connectivity index (χ1v) is 24.1. The molecule has 0 radical (unpaired) electrons. The highest BCUT2D eigenvalue weighted by atomic mass is 79.9. The minimum atomic E-state index is -1.93. The van der Waals surface area contributed by atoms with Gasteiger partial charge in [-0.3, -0.25) is 0 Å². The molecule has 0 N–H and O–H groups in total. The number of methoxy groups -OCH3 is 2. The summed E-state index contributed by atoms with van der Waals surface area (Å²) in [6.45, 7) is 2.71. The van der Waals surface area contributed by atoms with Gasteiger partial charge in [0.15, 0.2) is 11.5 Å². The molecule has 3 nitrogen and oxygen atoms in total. The third-order valence-corrected chi connectivity index (χ3v) is 19.5. The summed E-state index contributed by atoms with van der Waals surface area (Å²) < 4.78 is 16.7. The van der Waals surface area contributed by atoms with Crippen LogP contribution in [0.4, 0.5) is 0 Å². The minimum absolute atomic E-state index is 0. The maximum Gasteiger partial charge on any atom is 0.161 e. The molecule has 0 saturated carbocycles. The molecule has 8 rings (SSSR count). The van der Waals surface area contributed by atoms with Crippen LogP contribution < -0.4 is 80.0 Å². The topological polar surface area (TPSA) is 27.7 Å². The Bertz CT molecular complexity index is 2270. The molecule has 0 bridgehead atoms. The summed E-state index contributed by atoms with van der Waals surface area (Å²) in [7, 11) is -0.408. The fourth-order valence-corrected chi connectivity index (χ4v) is 16.4. The Hall–Kier alpha value is -5.02. The van der Waals surface area contributed by atoms with Gasteiger partial charge in [0, 0.05) is 0 Å². The van der Waals surface area contributed by atoms with E-state index in [-0.39, 0.29) is 34.0 Å². The second-order valence-corrected chi connectivity index (χ2v) is 21.2. The first-order chi connectivity index (χ1) is 29.1. The summed E-state index contributed by atoms with van der Waals surface area (Å²) in [6, 6.07) is 80.7. The van der Waals surface area contributed by atoms with Crippen LogP contribution in [0.15, 0.2) is 224 Å². The Morgan fingerprint density at radius 1 is 0.344 bits per heavy atom. The first kappa shape index (κ1) is 47.0. The van der Waals surface area contributed by atoms with Gasteiger partial charge in [-0.15, -0.1) is 0 Å². The van der Waals surface area contributed by atoms with E-state index in [0.717, 1.165) is 29.6 Å². The molecule has 0 saturated heterocycles. The maximum atomic E-state index is 5.65. The molecule has 8 aromatic rings. The van der Waals surface area contributed by atoms with E-state index in [1.165, 1.54) is 43.0 Å². The highest BCUT2D eigenvalue weighted by Gasteiger charge is 2.46. The van der Waals surface area contributed by atoms with E-state index in [4.69, 9.17) is 14.2 Å². The number of ether oxygens (including phenoxy) is 3. The number of rotatable bonds is 14. The zero-order chi connectivity index (χ0) is 40.8. The standard InChI is InChI=1S/C27H26O2P.C27H26OP.2BrH/c1-28-26-19-18-22(20-27(26)29-2)21-30(23-12-6-3-7-13-23,24-14-8-4-9-15-24)25-16-10-5-11-17-25;1-2-28-24-20-18-23(19-21-24)22-29(25-12-6-3-7-13-25,26-14-8-4-9-15-26)27-16-10-5-11-17-27;;/h3-20H,21H2,1-2H3;3-21H,2,22H2,1H3;2*1H/q2*+1;;/p-2. The molecule has 7 heteroatoms. The Labute approximate surface area is 385 Å². The summed E-state index contributed by atoms with van der Waals surface area (Å²) >= 11 is 0. The van der Waals surface area contributed by atoms with Crippen LogP contribution in [0.1, 0.15) is 18.1 Å². The van der Waals surface area contributed by atoms with Crippen molar-refractivity contribution >= 4 is 46.4 Å². The second kappa shape index (κ2) is 23.3. The van der Waals surface area contributed by atoms with Gasteiger partial charge in [0.2, 0.25) is 0 Å². The largest absolute Gasteiger partial charge is 1.00 e. The predicted octanol–water partition coefficient (Wildman–Crippen LogP) is 4.79. The molecule has 0 fully saturated rings. The molecule has 0 aliphatic heterocycles. The van der Waals surface area contributed by atoms with Crippen LogP contribution in [0, 0.1) is 0 Å². The monoisotopic (exact) mass is 968 g/mol. The SMILES string of the molecule is CCOc1ccc(C[P+](c2ccccc2)(c2ccccc2)c2ccccc2)cc1.COc1ccc(C[P+](c2ccccc2)(c2ccccc2)c2ccccc2)cc1OC.[Br-].[Br-]. The lowest BCUT2D eigenvalue weighted by molar-refractivity contribution is -0.001000. The average molecular weight is 971 g/mol. The lowest BCUT2D eigenvalue weighted by atomic mass is 10.2. The van der Waals surface area contributed by atoms with E-state index in [2.05, 4.69) is 218 Å². The van der Waals surface area contributed by atoms with Crippen LogP contribution in [0.3, 0.4) is 0 Å². The lowest BCUT2D eigenvalue weighted by Crippen LogP contribution is -3.00. The van der Waals surface area contributed by atoms with E-state index < -0.39 is 14.5 Å². The zero-order valence-corrected chi connectivity index (χ0v) is 39.8. The molecule has 0 aliphatic carbocycles. The quantitative estimate of drug-likeness (QED) is 0.147. The third kappa shape index (κ3) is 10.9. The van der Waals surface area contributed by atoms with Crippen molar-refractivity contribution in [1.29, 1.82) is 0 Å². The van der Waals surface area contributed by atoms with E-state index in [0.29, 0.717) is 6.61 Å². The summed E-state index contributed by atoms with van der Waals surface area (Å²) in [5, 5.41) is 8.34. The number of hydrogen-bond donors (Lipinski definition) is 0. The minimum Gasteiger partial charge on any atom is -1.00 e. The fraction of sp³-hybridized carbons (Fsp3) is 0.111. The van der Waals surface area contributed by atoms with E-state index in [1.54, 1.807) is 14.2 Å². The van der Waals surface area contributed by atoms with Crippen LogP contribution in [-0.2, 0) is 12.3 Å². The zero-order valence-electron chi connectivity index (χ0n) is 34.9. The molecular formula is C54H52Br2O3P2. The summed E-state index contributed by atoms with van der Waals surface area (Å²) in [5.74, 6) is 2.45. The van der Waals surface area contributed by atoms with Gasteiger partial charge in [-0.05, 0) is 115 Å². The van der Waals surface area contributed by atoms with Crippen molar-refractivity contribution in [1.82, 2.24) is 0 Å². The molecule has 0 unspecified atom stereocenters. The molecule has 0 atom stereocenters. The molecule has 0 heterocycles. The second-order valence-electron chi connectivity index (χ2n) is 14.2. The number of hydrogen-bond acceptors (Lipinski definition) is 3. The van der Waals surface area contributed by atoms with E-state index >= 15 is 0 Å². The molecule has 310 valence electrons. The Kier molecular flexibility index (Phi) is 17.9. The van der Waals surface area contributed by atoms with E-state index in [1.807, 2.05) is 13.0 Å². The van der Waals surface area contributed by atoms with Crippen LogP contribution >= 0.6 is 14.5 Å². The normalized spacial score (nSPS) is 10.8. The summed E-state index contributed by atoms with van der Waals surface area (Å²) in [4.78, 5) is 0. The van der Waals surface area contributed by atoms with Crippen LogP contribution in [0.2, 0.25) is 0 Å². The van der Waals surface area contributed by atoms with Gasteiger partial charge in [-0.1, -0.05) is 127 Å². The van der Waals surface area contributed by atoms with Gasteiger partial charge < -0.3 is 48.2 Å². The Morgan fingerprint density at radius 3 is 0.934 bits per heavy atom. The molecule has 0 aromatic heterocycles. The van der Waals surface area contributed by atoms with Crippen molar-refractivity contribution in [3.8, 4) is 17.2 Å². The van der Waals surface area contributed by atoms with Crippen molar-refractivity contribution in [3.05, 3.63) is 236 Å². The molecule has 0 spiro atoms. The van der Waals surface area contributed by atoms with Gasteiger partial charge in [-0.25, -0.2) is 0 Å². The van der Waals surface area contributed by atoms with Crippen molar-refractivity contribution < 1.29 is 48.2 Å². The van der Waals surface area contributed by atoms with Gasteiger partial charge >= 0.3 is 0 Å². The van der Waals surface area contributed by atoms with Crippen LogP contribution in [0.25, 0.3) is 0 Å². The Balaban J connectivity index is 0.000000224. The maximum absolute atomic E-state index is 5.65. The first-order valence-electron chi connectivity index (χ1n) is 20.1. The smallest absolute Gasteiger partial charge is 0.161 e. The van der Waals surface area contributed by atoms with Gasteiger partial charge in [0.05, 0.1) is 33.2 Å². The van der Waals surface area contributed by atoms with Gasteiger partial charge in [0.1, 0.15) is 52.1 Å². The van der Waals surface area contributed by atoms with Crippen molar-refractivity contribution in [2.75, 3.05) is 20.8 Å². The molecule has 0 aliphatic rings. The summed E-state index contributed by atoms with van der Waals surface area (Å²) in [5.41, 5.74) is 2.57. The number of benzene rings is 8. The van der Waals surface area contributed by atoms with Crippen molar-refractivity contribution in [3.63, 3.8) is 0 Å². The predicted molar refractivity (Wildman–Crippen MR) is 255 cm³/mol. The molecule has 61 heavy (non-hydrogen) atoms. The third-order valence-electron chi connectivity index (χ3n) is 10.7. The highest BCUT2D eigenvalue weighted by molar-refractivity contribution is 7.95. The fourth-order valence-electron chi connectivity index (χ4n) is 7.92. The average Bonchev–Trinajstić information content (AvgIpc) is 3.32. The Morgan fingerprint density at radius 2 is 0.639 bits per heavy atom. The van der Waals surface area contributed by atoms with Crippen LogP contribution in [-0.4, -0.2) is 20.8 Å². The van der Waals surface area contributed by atoms with E-state index in [9.17, 15) is 0 Å². The molecule has 8 aromatic carbocycles. The summed E-state index contributed by atoms with van der Waals surface area (Å²) in [6.07, 6.45) is 1.89. The van der Waals surface area contributed by atoms with Crippen LogP contribution in [0.5, 0.6) is 17.2 Å². The van der Waals surface area contributed by atoms with Crippen molar-refractivity contribution in [2.24, 2.45) is 0 Å². The van der Waals surface area contributed by atoms with Gasteiger partial charge in [0.25, 0.3) is 0 Å². The molecule has 0 amide bonds. The lowest BCUT2D eigenvalue weighted by Gasteiger charge is -2.28. The van der Waals surface area contributed by atoms with Crippen molar-refractivity contribution in [2.45, 2.75) is 19.2 Å².